The van der Waals surface area contributed by atoms with Gasteiger partial charge in [-0.2, -0.15) is 5.26 Å². The molecule has 0 amide bonds. The number of carbonyl (C=O) groups excluding carboxylic acids is 1. The molecule has 1 aliphatic rings. The molecule has 6 rings (SSSR count). The molecule has 1 fully saturated rings. The normalized spacial score (nSPS) is 14.8. The second-order valence-electron chi connectivity index (χ2n) is 9.10. The van der Waals surface area contributed by atoms with Crippen LogP contribution < -0.4 is 0 Å². The maximum Gasteiger partial charge on any atom is 0.341 e. The largest absolute Gasteiger partial charge is 0.465 e. The topological polar surface area (TPSA) is 102 Å². The number of ether oxygens (including phenoxy) is 2. The van der Waals surface area contributed by atoms with Crippen LogP contribution >= 0.6 is 11.8 Å². The predicted molar refractivity (Wildman–Crippen MR) is 143 cm³/mol. The molecule has 4 heterocycles. The van der Waals surface area contributed by atoms with Crippen LogP contribution in [0.1, 0.15) is 28.8 Å². The van der Waals surface area contributed by atoms with Gasteiger partial charge in [0.05, 0.1) is 24.1 Å². The van der Waals surface area contributed by atoms with Crippen molar-refractivity contribution >= 4 is 34.3 Å². The minimum atomic E-state index is -0.518. The van der Waals surface area contributed by atoms with Gasteiger partial charge in [0.15, 0.2) is 11.5 Å². The average molecular weight is 522 g/mol. The van der Waals surface area contributed by atoms with E-state index in [9.17, 15) is 10.1 Å². The van der Waals surface area contributed by atoms with Crippen molar-refractivity contribution in [2.24, 2.45) is 0 Å². The Kier molecular flexibility index (Phi) is 6.27. The van der Waals surface area contributed by atoms with Crippen molar-refractivity contribution in [3.8, 4) is 17.6 Å². The summed E-state index contributed by atoms with van der Waals surface area (Å²) in [6.45, 7) is 1.19. The summed E-state index contributed by atoms with van der Waals surface area (Å²) in [5.74, 6) is 0.0589. The first-order chi connectivity index (χ1) is 18.6. The van der Waals surface area contributed by atoms with Gasteiger partial charge in [0, 0.05) is 34.6 Å². The number of nitriles is 1. The highest BCUT2D eigenvalue weighted by molar-refractivity contribution is 7.99. The van der Waals surface area contributed by atoms with Gasteiger partial charge in [-0.15, -0.1) is 10.2 Å². The summed E-state index contributed by atoms with van der Waals surface area (Å²) >= 11 is 1.61. The summed E-state index contributed by atoms with van der Waals surface area (Å²) < 4.78 is 12.4. The number of rotatable bonds is 5. The molecule has 1 saturated heterocycles. The highest BCUT2D eigenvalue weighted by Gasteiger charge is 2.34. The number of esters is 1. The molecule has 0 bridgehead atoms. The SMILES string of the molecule is COC(=O)c1cc2cc(Sc3cccc(C4(C#N)CCOCC4)c3)ccc2n2c(-c3ccccn3)nnc12. The quantitative estimate of drug-likeness (QED) is 0.281. The monoisotopic (exact) mass is 521 g/mol. The van der Waals surface area contributed by atoms with Crippen LogP contribution in [0.5, 0.6) is 0 Å². The molecule has 0 spiro atoms. The summed E-state index contributed by atoms with van der Waals surface area (Å²) in [5.41, 5.74) is 2.74. The fourth-order valence-electron chi connectivity index (χ4n) is 4.92. The summed E-state index contributed by atoms with van der Waals surface area (Å²) in [6.07, 6.45) is 3.08. The Balaban J connectivity index is 1.44. The Hall–Kier alpha value is -4.26. The fraction of sp³-hybridized carbons (Fsp3) is 0.207. The summed E-state index contributed by atoms with van der Waals surface area (Å²) in [4.78, 5) is 19.1. The first kappa shape index (κ1) is 24.1. The highest BCUT2D eigenvalue weighted by atomic mass is 32.2. The summed E-state index contributed by atoms with van der Waals surface area (Å²) in [7, 11) is 1.35. The number of carbonyl (C=O) groups is 1. The van der Waals surface area contributed by atoms with Crippen LogP contribution in [0, 0.1) is 11.3 Å². The van der Waals surface area contributed by atoms with Crippen LogP contribution in [0.25, 0.3) is 28.1 Å². The van der Waals surface area contributed by atoms with Crippen LogP contribution in [0.4, 0.5) is 0 Å². The Morgan fingerprint density at radius 1 is 1.05 bits per heavy atom. The van der Waals surface area contributed by atoms with Crippen LogP contribution in [-0.2, 0) is 14.9 Å². The van der Waals surface area contributed by atoms with E-state index in [0.717, 1.165) is 26.3 Å². The van der Waals surface area contributed by atoms with E-state index in [-0.39, 0.29) is 0 Å². The molecule has 0 aliphatic carbocycles. The number of fused-ring (bicyclic) bond motifs is 3. The Bertz CT molecular complexity index is 1700. The molecule has 0 atom stereocenters. The number of pyridine rings is 2. The molecule has 8 nitrogen and oxygen atoms in total. The van der Waals surface area contributed by atoms with E-state index in [0.29, 0.717) is 48.8 Å². The highest BCUT2D eigenvalue weighted by Crippen LogP contribution is 2.38. The lowest BCUT2D eigenvalue weighted by Gasteiger charge is -2.31. The second kappa shape index (κ2) is 9.89. The molecule has 188 valence electrons. The zero-order chi connectivity index (χ0) is 26.1. The smallest absolute Gasteiger partial charge is 0.341 e. The average Bonchev–Trinajstić information content (AvgIpc) is 3.43. The maximum atomic E-state index is 12.7. The van der Waals surface area contributed by atoms with Crippen molar-refractivity contribution in [1.82, 2.24) is 19.6 Å². The third-order valence-electron chi connectivity index (χ3n) is 6.93. The molecular weight excluding hydrogens is 498 g/mol. The van der Waals surface area contributed by atoms with Gasteiger partial charge in [0.25, 0.3) is 0 Å². The molecule has 38 heavy (non-hydrogen) atoms. The van der Waals surface area contributed by atoms with E-state index in [1.54, 1.807) is 24.0 Å². The number of hydrogen-bond acceptors (Lipinski definition) is 8. The molecular formula is C29H23N5O3S. The molecule has 0 N–H and O–H groups in total. The van der Waals surface area contributed by atoms with Gasteiger partial charge in [-0.3, -0.25) is 9.38 Å². The third-order valence-corrected chi connectivity index (χ3v) is 7.90. The van der Waals surface area contributed by atoms with E-state index in [1.165, 1.54) is 7.11 Å². The number of benzene rings is 2. The first-order valence-corrected chi connectivity index (χ1v) is 13.0. The fourth-order valence-corrected chi connectivity index (χ4v) is 5.85. The van der Waals surface area contributed by atoms with E-state index < -0.39 is 11.4 Å². The van der Waals surface area contributed by atoms with E-state index >= 15 is 0 Å². The van der Waals surface area contributed by atoms with Gasteiger partial charge in [0.1, 0.15) is 11.3 Å². The lowest BCUT2D eigenvalue weighted by atomic mass is 9.75. The Morgan fingerprint density at radius 3 is 2.66 bits per heavy atom. The van der Waals surface area contributed by atoms with E-state index in [4.69, 9.17) is 9.47 Å². The second-order valence-corrected chi connectivity index (χ2v) is 10.3. The molecule has 0 radical (unpaired) electrons. The van der Waals surface area contributed by atoms with Crippen molar-refractivity contribution in [3.05, 3.63) is 84.1 Å². The number of hydrogen-bond donors (Lipinski definition) is 0. The standard InChI is InChI=1S/C29H23N5O3S/c1-36-28(35)23-16-19-15-22(38-21-6-4-5-20(17-21)29(18-30)10-13-37-14-11-29)8-9-25(19)34-26(23)32-33-27(34)24-7-2-3-12-31-24/h2-9,12,15-17H,10-11,13-14H2,1H3. The first-order valence-electron chi connectivity index (χ1n) is 12.2. The maximum absolute atomic E-state index is 12.7. The van der Waals surface area contributed by atoms with Gasteiger partial charge >= 0.3 is 5.97 Å². The van der Waals surface area contributed by atoms with Gasteiger partial charge in [-0.1, -0.05) is 30.0 Å². The van der Waals surface area contributed by atoms with Crippen molar-refractivity contribution < 1.29 is 14.3 Å². The van der Waals surface area contributed by atoms with Gasteiger partial charge < -0.3 is 9.47 Å². The third kappa shape index (κ3) is 4.18. The number of aromatic nitrogens is 4. The molecule has 0 unspecified atom stereocenters. The number of nitrogens with zero attached hydrogens (tertiary/aromatic N) is 5. The molecule has 5 aromatic rings. The van der Waals surface area contributed by atoms with Crippen molar-refractivity contribution in [3.63, 3.8) is 0 Å². The van der Waals surface area contributed by atoms with Crippen LogP contribution in [0.3, 0.4) is 0 Å². The van der Waals surface area contributed by atoms with Crippen LogP contribution in [0.15, 0.2) is 82.7 Å². The van der Waals surface area contributed by atoms with Gasteiger partial charge in [-0.25, -0.2) is 4.79 Å². The molecule has 1 aliphatic heterocycles. The summed E-state index contributed by atoms with van der Waals surface area (Å²) in [5, 5.41) is 19.5. The van der Waals surface area contributed by atoms with Crippen LogP contribution in [-0.4, -0.2) is 45.9 Å². The van der Waals surface area contributed by atoms with Gasteiger partial charge in [-0.05, 0) is 66.9 Å². The minimum absolute atomic E-state index is 0.328. The number of methoxy groups -OCH3 is 1. The summed E-state index contributed by atoms with van der Waals surface area (Å²) in [6, 6.07) is 24.2. The zero-order valence-corrected chi connectivity index (χ0v) is 21.4. The van der Waals surface area contributed by atoms with Crippen LogP contribution in [0.2, 0.25) is 0 Å². The van der Waals surface area contributed by atoms with Gasteiger partial charge in [0.2, 0.25) is 0 Å². The van der Waals surface area contributed by atoms with Crippen molar-refractivity contribution in [1.29, 1.82) is 5.26 Å². The van der Waals surface area contributed by atoms with Crippen molar-refractivity contribution in [2.45, 2.75) is 28.0 Å². The van der Waals surface area contributed by atoms with E-state index in [1.807, 2.05) is 59.0 Å². The Labute approximate surface area is 223 Å². The molecule has 3 aromatic heterocycles. The zero-order valence-electron chi connectivity index (χ0n) is 20.6. The molecule has 0 saturated carbocycles. The lowest BCUT2D eigenvalue weighted by Crippen LogP contribution is -2.32. The lowest BCUT2D eigenvalue weighted by molar-refractivity contribution is 0.0602. The minimum Gasteiger partial charge on any atom is -0.465 e. The Morgan fingerprint density at radius 2 is 1.89 bits per heavy atom. The van der Waals surface area contributed by atoms with Crippen molar-refractivity contribution in [2.75, 3.05) is 20.3 Å². The molecule has 2 aromatic carbocycles. The predicted octanol–water partition coefficient (Wildman–Crippen LogP) is 5.45. The molecule has 9 heteroatoms. The van der Waals surface area contributed by atoms with E-state index in [2.05, 4.69) is 27.3 Å².